The van der Waals surface area contributed by atoms with Crippen molar-refractivity contribution in [2.24, 2.45) is 5.92 Å². The summed E-state index contributed by atoms with van der Waals surface area (Å²) in [6, 6.07) is 13.2. The van der Waals surface area contributed by atoms with E-state index >= 15 is 0 Å². The third kappa shape index (κ3) is 4.99. The Morgan fingerprint density at radius 2 is 1.62 bits per heavy atom. The highest BCUT2D eigenvalue weighted by molar-refractivity contribution is 6.30. The Labute approximate surface area is 145 Å². The number of halogens is 1. The normalized spacial score (nSPS) is 10.3. The smallest absolute Gasteiger partial charge is 0.273 e. The number of hydrogen-bond acceptors (Lipinski definition) is 3. The van der Waals surface area contributed by atoms with Crippen LogP contribution in [-0.2, 0) is 0 Å². The number of carbonyl (C=O) groups is 2. The molecule has 2 rings (SSSR count). The fourth-order valence-electron chi connectivity index (χ4n) is 1.89. The van der Waals surface area contributed by atoms with Crippen LogP contribution in [0.15, 0.2) is 48.5 Å². The molecule has 0 aliphatic rings. The molecule has 2 aromatic carbocycles. The summed E-state index contributed by atoms with van der Waals surface area (Å²) in [5.74, 6) is -0.0626. The van der Waals surface area contributed by atoms with Crippen LogP contribution in [0.4, 0.5) is 0 Å². The Kier molecular flexibility index (Phi) is 6.21. The number of amides is 2. The van der Waals surface area contributed by atoms with E-state index in [1.807, 2.05) is 13.8 Å². The van der Waals surface area contributed by atoms with E-state index in [0.29, 0.717) is 34.4 Å². The minimum Gasteiger partial charge on any atom is -0.492 e. The molecule has 24 heavy (non-hydrogen) atoms. The summed E-state index contributed by atoms with van der Waals surface area (Å²) < 4.78 is 5.64. The van der Waals surface area contributed by atoms with Gasteiger partial charge in [0.2, 0.25) is 0 Å². The number of para-hydroxylation sites is 1. The lowest BCUT2D eigenvalue weighted by atomic mass is 10.2. The van der Waals surface area contributed by atoms with Crippen molar-refractivity contribution in [1.82, 2.24) is 10.9 Å². The van der Waals surface area contributed by atoms with Crippen molar-refractivity contribution >= 4 is 23.4 Å². The van der Waals surface area contributed by atoms with Crippen molar-refractivity contribution < 1.29 is 14.3 Å². The van der Waals surface area contributed by atoms with Crippen molar-refractivity contribution in [3.63, 3.8) is 0 Å². The predicted octanol–water partition coefficient (Wildman–Crippen LogP) is 3.45. The maximum Gasteiger partial charge on any atom is 0.273 e. The monoisotopic (exact) mass is 346 g/mol. The zero-order chi connectivity index (χ0) is 17.5. The number of nitrogens with one attached hydrogen (secondary N) is 2. The molecule has 0 fully saturated rings. The maximum absolute atomic E-state index is 12.3. The first kappa shape index (κ1) is 17.8. The van der Waals surface area contributed by atoms with Crippen LogP contribution in [-0.4, -0.2) is 18.4 Å². The van der Waals surface area contributed by atoms with Gasteiger partial charge in [-0.1, -0.05) is 37.6 Å². The van der Waals surface area contributed by atoms with Gasteiger partial charge in [0.1, 0.15) is 5.75 Å². The number of benzene rings is 2. The fraction of sp³-hybridized carbons (Fsp3) is 0.222. The Hall–Kier alpha value is -2.53. The van der Waals surface area contributed by atoms with Crippen LogP contribution in [0.3, 0.4) is 0 Å². The van der Waals surface area contributed by atoms with Crippen LogP contribution >= 0.6 is 11.6 Å². The van der Waals surface area contributed by atoms with Crippen molar-refractivity contribution in [2.75, 3.05) is 6.61 Å². The molecule has 0 aliphatic carbocycles. The van der Waals surface area contributed by atoms with Crippen molar-refractivity contribution in [2.45, 2.75) is 13.8 Å². The second kappa shape index (κ2) is 8.36. The number of carbonyl (C=O) groups excluding carboxylic acids is 2. The van der Waals surface area contributed by atoms with Gasteiger partial charge < -0.3 is 4.74 Å². The van der Waals surface area contributed by atoms with E-state index in [4.69, 9.17) is 16.3 Å². The Morgan fingerprint density at radius 1 is 1.00 bits per heavy atom. The van der Waals surface area contributed by atoms with Gasteiger partial charge in [-0.25, -0.2) is 0 Å². The molecule has 0 saturated heterocycles. The van der Waals surface area contributed by atoms with Gasteiger partial charge in [-0.05, 0) is 42.3 Å². The molecule has 0 heterocycles. The second-order valence-corrected chi connectivity index (χ2v) is 6.05. The second-order valence-electron chi connectivity index (χ2n) is 5.62. The van der Waals surface area contributed by atoms with Crippen LogP contribution in [0.5, 0.6) is 5.75 Å². The molecule has 5 nitrogen and oxygen atoms in total. The topological polar surface area (TPSA) is 67.4 Å². The predicted molar refractivity (Wildman–Crippen MR) is 93.2 cm³/mol. The summed E-state index contributed by atoms with van der Waals surface area (Å²) in [6.45, 7) is 4.55. The van der Waals surface area contributed by atoms with E-state index in [1.54, 1.807) is 48.5 Å². The summed E-state index contributed by atoms with van der Waals surface area (Å²) in [7, 11) is 0. The van der Waals surface area contributed by atoms with Crippen molar-refractivity contribution in [1.29, 1.82) is 0 Å². The van der Waals surface area contributed by atoms with Crippen molar-refractivity contribution in [3.05, 3.63) is 64.7 Å². The first-order valence-electron chi connectivity index (χ1n) is 7.55. The van der Waals surface area contributed by atoms with Crippen LogP contribution in [0.25, 0.3) is 0 Å². The van der Waals surface area contributed by atoms with E-state index < -0.39 is 11.8 Å². The minimum atomic E-state index is -0.448. The third-order valence-corrected chi connectivity index (χ3v) is 3.35. The molecule has 2 N–H and O–H groups in total. The number of hydrogen-bond donors (Lipinski definition) is 2. The molecule has 0 unspecified atom stereocenters. The van der Waals surface area contributed by atoms with Gasteiger partial charge in [0.25, 0.3) is 11.8 Å². The van der Waals surface area contributed by atoms with E-state index in [9.17, 15) is 9.59 Å². The standard InChI is InChI=1S/C18H19ClN2O3/c1-12(2)11-24-16-6-4-3-5-15(16)18(23)21-20-17(22)13-7-9-14(19)10-8-13/h3-10,12H,11H2,1-2H3,(H,20,22)(H,21,23). The summed E-state index contributed by atoms with van der Waals surface area (Å²) >= 11 is 5.78. The third-order valence-electron chi connectivity index (χ3n) is 3.10. The molecular formula is C18H19ClN2O3. The van der Waals surface area contributed by atoms with Gasteiger partial charge in [0, 0.05) is 10.6 Å². The van der Waals surface area contributed by atoms with Crippen molar-refractivity contribution in [3.8, 4) is 5.75 Å². The lowest BCUT2D eigenvalue weighted by molar-refractivity contribution is 0.0844. The summed E-state index contributed by atoms with van der Waals surface area (Å²) in [5, 5.41) is 0.534. The van der Waals surface area contributed by atoms with Gasteiger partial charge in [-0.3, -0.25) is 20.4 Å². The lowest BCUT2D eigenvalue weighted by Crippen LogP contribution is -2.41. The zero-order valence-corrected chi connectivity index (χ0v) is 14.3. The first-order chi connectivity index (χ1) is 11.5. The maximum atomic E-state index is 12.3. The largest absolute Gasteiger partial charge is 0.492 e. The molecule has 0 bridgehead atoms. The fourth-order valence-corrected chi connectivity index (χ4v) is 2.02. The summed E-state index contributed by atoms with van der Waals surface area (Å²) in [6.07, 6.45) is 0. The Balaban J connectivity index is 1.99. The molecule has 0 atom stereocenters. The van der Waals surface area contributed by atoms with Gasteiger partial charge in [-0.15, -0.1) is 0 Å². The lowest BCUT2D eigenvalue weighted by Gasteiger charge is -2.13. The quantitative estimate of drug-likeness (QED) is 0.815. The van der Waals surface area contributed by atoms with E-state index in [1.165, 1.54) is 0 Å². The average molecular weight is 347 g/mol. The van der Waals surface area contributed by atoms with Gasteiger partial charge in [0.15, 0.2) is 0 Å². The molecule has 6 heteroatoms. The molecule has 126 valence electrons. The summed E-state index contributed by atoms with van der Waals surface area (Å²) in [5.41, 5.74) is 5.51. The first-order valence-corrected chi connectivity index (χ1v) is 7.93. The van der Waals surface area contributed by atoms with E-state index in [-0.39, 0.29) is 0 Å². The molecule has 2 aromatic rings. The Morgan fingerprint density at radius 3 is 2.29 bits per heavy atom. The Bertz CT molecular complexity index is 714. The number of rotatable bonds is 5. The molecule has 0 aromatic heterocycles. The van der Waals surface area contributed by atoms with Crippen LogP contribution in [0, 0.1) is 5.92 Å². The number of ether oxygens (including phenoxy) is 1. The molecule has 0 spiro atoms. The van der Waals surface area contributed by atoms with Crippen LogP contribution in [0.2, 0.25) is 5.02 Å². The SMILES string of the molecule is CC(C)COc1ccccc1C(=O)NNC(=O)c1ccc(Cl)cc1. The van der Waals surface area contributed by atoms with Gasteiger partial charge in [0.05, 0.1) is 12.2 Å². The highest BCUT2D eigenvalue weighted by atomic mass is 35.5. The molecule has 0 saturated carbocycles. The highest BCUT2D eigenvalue weighted by Gasteiger charge is 2.14. The molecule has 2 amide bonds. The molecular weight excluding hydrogens is 328 g/mol. The minimum absolute atomic E-state index is 0.339. The summed E-state index contributed by atoms with van der Waals surface area (Å²) in [4.78, 5) is 24.3. The van der Waals surface area contributed by atoms with Gasteiger partial charge in [-0.2, -0.15) is 0 Å². The van der Waals surface area contributed by atoms with Gasteiger partial charge >= 0.3 is 0 Å². The van der Waals surface area contributed by atoms with E-state index in [2.05, 4.69) is 10.9 Å². The molecule has 0 aliphatic heterocycles. The zero-order valence-electron chi connectivity index (χ0n) is 13.5. The van der Waals surface area contributed by atoms with Crippen LogP contribution in [0.1, 0.15) is 34.6 Å². The highest BCUT2D eigenvalue weighted by Crippen LogP contribution is 2.18. The number of hydrazine groups is 1. The van der Waals surface area contributed by atoms with E-state index in [0.717, 1.165) is 0 Å². The van der Waals surface area contributed by atoms with Crippen LogP contribution < -0.4 is 15.6 Å². The molecule has 0 radical (unpaired) electrons. The average Bonchev–Trinajstić information content (AvgIpc) is 2.58.